The number of carbonyl (C=O) groups excluding carboxylic acids is 2. The van der Waals surface area contributed by atoms with Gasteiger partial charge in [0.05, 0.1) is 10.6 Å². The maximum Gasteiger partial charge on any atom is 0.264 e. The van der Waals surface area contributed by atoms with Crippen LogP contribution in [0.2, 0.25) is 20.1 Å². The third-order valence-electron chi connectivity index (χ3n) is 7.23. The van der Waals surface area contributed by atoms with E-state index in [0.29, 0.717) is 27.2 Å². The summed E-state index contributed by atoms with van der Waals surface area (Å²) in [5.74, 6) is -0.999. The Bertz CT molecular complexity index is 1760. The van der Waals surface area contributed by atoms with Crippen LogP contribution in [-0.2, 0) is 32.6 Å². The number of sulfonamides is 1. The van der Waals surface area contributed by atoms with E-state index in [2.05, 4.69) is 5.32 Å². The van der Waals surface area contributed by atoms with Gasteiger partial charge in [-0.3, -0.25) is 13.9 Å². The molecule has 0 unspecified atom stereocenters. The predicted molar refractivity (Wildman–Crippen MR) is 186 cm³/mol. The van der Waals surface area contributed by atoms with Gasteiger partial charge in [0.1, 0.15) is 12.6 Å². The summed E-state index contributed by atoms with van der Waals surface area (Å²) in [4.78, 5) is 29.6. The molecule has 0 heterocycles. The third kappa shape index (κ3) is 9.39. The zero-order valence-electron chi connectivity index (χ0n) is 25.0. The molecule has 0 bridgehead atoms. The highest BCUT2D eigenvalue weighted by Crippen LogP contribution is 2.29. The number of amides is 2. The van der Waals surface area contributed by atoms with Crippen molar-refractivity contribution in [1.29, 1.82) is 0 Å². The number of benzene rings is 4. The van der Waals surface area contributed by atoms with Crippen molar-refractivity contribution in [3.8, 4) is 0 Å². The lowest BCUT2D eigenvalue weighted by Crippen LogP contribution is -2.53. The van der Waals surface area contributed by atoms with E-state index in [-0.39, 0.29) is 34.5 Å². The summed E-state index contributed by atoms with van der Waals surface area (Å²) in [6.07, 6.45) is 1.79. The molecule has 1 atom stereocenters. The summed E-state index contributed by atoms with van der Waals surface area (Å²) in [6.45, 7) is 1.71. The van der Waals surface area contributed by atoms with Gasteiger partial charge in [0.15, 0.2) is 0 Å². The molecule has 4 aromatic rings. The first-order valence-electron chi connectivity index (χ1n) is 14.6. The third-order valence-corrected chi connectivity index (χ3v) is 10.1. The minimum atomic E-state index is -4.30. The standard InChI is InChI=1S/C34H33Cl4N3O4S/c1-2-3-18-39-34(43)32(19-24-8-5-4-6-9-24)40(22-25-12-13-28(37)21-31(25)38)33(42)23-41(29-11-7-10-27(36)20-29)46(44,45)30-16-14-26(35)15-17-30/h4-17,20-21,32H,2-3,18-19,22-23H2,1H3,(H,39,43)/t32-/m0/s1. The Labute approximate surface area is 290 Å². The summed E-state index contributed by atoms with van der Waals surface area (Å²) >= 11 is 25.0. The van der Waals surface area contributed by atoms with Crippen molar-refractivity contribution in [2.75, 3.05) is 17.4 Å². The lowest BCUT2D eigenvalue weighted by molar-refractivity contribution is -0.140. The zero-order chi connectivity index (χ0) is 33.3. The second-order valence-corrected chi connectivity index (χ2v) is 14.1. The maximum absolute atomic E-state index is 14.5. The van der Waals surface area contributed by atoms with Crippen molar-refractivity contribution in [2.45, 2.75) is 43.7 Å². The number of rotatable bonds is 14. The number of halogens is 4. The fourth-order valence-electron chi connectivity index (χ4n) is 4.79. The molecular formula is C34H33Cl4N3O4S. The molecule has 1 N–H and O–H groups in total. The number of hydrogen-bond donors (Lipinski definition) is 1. The van der Waals surface area contributed by atoms with Gasteiger partial charge in [-0.2, -0.15) is 0 Å². The van der Waals surface area contributed by atoms with Gasteiger partial charge in [-0.15, -0.1) is 0 Å². The summed E-state index contributed by atoms with van der Waals surface area (Å²) < 4.78 is 29.2. The number of unbranched alkanes of at least 4 members (excludes halogenated alkanes) is 1. The molecule has 4 rings (SSSR count). The normalized spacial score (nSPS) is 11.9. The van der Waals surface area contributed by atoms with Gasteiger partial charge in [-0.25, -0.2) is 8.42 Å². The summed E-state index contributed by atoms with van der Waals surface area (Å²) in [5, 5.41) is 4.30. The number of carbonyl (C=O) groups is 2. The van der Waals surface area contributed by atoms with E-state index in [1.165, 1.54) is 35.2 Å². The van der Waals surface area contributed by atoms with E-state index < -0.39 is 28.5 Å². The van der Waals surface area contributed by atoms with E-state index in [1.807, 2.05) is 37.3 Å². The molecule has 0 saturated heterocycles. The van der Waals surface area contributed by atoms with Crippen molar-refractivity contribution in [3.63, 3.8) is 0 Å². The molecule has 4 aromatic carbocycles. The second-order valence-electron chi connectivity index (χ2n) is 10.6. The Hall–Kier alpha value is -3.27. The van der Waals surface area contributed by atoms with E-state index in [1.54, 1.807) is 36.4 Å². The molecular weight excluding hydrogens is 688 g/mol. The lowest BCUT2D eigenvalue weighted by Gasteiger charge is -2.34. The van der Waals surface area contributed by atoms with E-state index >= 15 is 0 Å². The fraction of sp³-hybridized carbons (Fsp3) is 0.235. The minimum absolute atomic E-state index is 0.0740. The van der Waals surface area contributed by atoms with Gasteiger partial charge in [-0.05, 0) is 72.1 Å². The minimum Gasteiger partial charge on any atom is -0.354 e. The van der Waals surface area contributed by atoms with Crippen LogP contribution in [0.1, 0.15) is 30.9 Å². The second kappa shape index (κ2) is 16.5. The Balaban J connectivity index is 1.81. The van der Waals surface area contributed by atoms with Crippen LogP contribution in [0.5, 0.6) is 0 Å². The molecule has 0 aromatic heterocycles. The predicted octanol–water partition coefficient (Wildman–Crippen LogP) is 8.05. The highest BCUT2D eigenvalue weighted by atomic mass is 35.5. The number of nitrogens with one attached hydrogen (secondary N) is 1. The molecule has 2 amide bonds. The molecule has 12 heteroatoms. The average Bonchev–Trinajstić information content (AvgIpc) is 3.03. The van der Waals surface area contributed by atoms with Crippen molar-refractivity contribution in [1.82, 2.24) is 10.2 Å². The SMILES string of the molecule is CCCCNC(=O)[C@H](Cc1ccccc1)N(Cc1ccc(Cl)cc1Cl)C(=O)CN(c1cccc(Cl)c1)S(=O)(=O)c1ccc(Cl)cc1. The Morgan fingerprint density at radius 3 is 2.13 bits per heavy atom. The van der Waals surface area contributed by atoms with Crippen LogP contribution in [0.4, 0.5) is 5.69 Å². The highest BCUT2D eigenvalue weighted by molar-refractivity contribution is 7.92. The summed E-state index contributed by atoms with van der Waals surface area (Å²) in [7, 11) is -4.30. The zero-order valence-corrected chi connectivity index (χ0v) is 28.8. The number of anilines is 1. The van der Waals surface area contributed by atoms with Crippen LogP contribution in [0.25, 0.3) is 0 Å². The Kier molecular flexibility index (Phi) is 12.8. The van der Waals surface area contributed by atoms with Gasteiger partial charge in [0.25, 0.3) is 10.0 Å². The lowest BCUT2D eigenvalue weighted by atomic mass is 10.0. The first-order chi connectivity index (χ1) is 22.0. The smallest absolute Gasteiger partial charge is 0.264 e. The molecule has 0 saturated carbocycles. The monoisotopic (exact) mass is 719 g/mol. The topological polar surface area (TPSA) is 86.8 Å². The average molecular weight is 722 g/mol. The molecule has 0 radical (unpaired) electrons. The number of nitrogens with zero attached hydrogens (tertiary/aromatic N) is 2. The van der Waals surface area contributed by atoms with Crippen LogP contribution in [0.3, 0.4) is 0 Å². The maximum atomic E-state index is 14.5. The van der Waals surface area contributed by atoms with Gasteiger partial charge in [-0.1, -0.05) is 102 Å². The van der Waals surface area contributed by atoms with Crippen molar-refractivity contribution < 1.29 is 18.0 Å². The van der Waals surface area contributed by atoms with E-state index in [0.717, 1.165) is 22.7 Å². The summed E-state index contributed by atoms with van der Waals surface area (Å²) in [5.41, 5.74) is 1.53. The quantitative estimate of drug-likeness (QED) is 0.134. The fourth-order valence-corrected chi connectivity index (χ4v) is 6.97. The van der Waals surface area contributed by atoms with Crippen LogP contribution < -0.4 is 9.62 Å². The molecule has 0 aliphatic rings. The summed E-state index contributed by atoms with van der Waals surface area (Å²) in [6, 6.07) is 25.0. The van der Waals surface area contributed by atoms with Gasteiger partial charge in [0, 0.05) is 39.6 Å². The molecule has 0 aliphatic carbocycles. The van der Waals surface area contributed by atoms with Gasteiger partial charge < -0.3 is 10.2 Å². The first kappa shape index (κ1) is 35.6. The molecule has 46 heavy (non-hydrogen) atoms. The van der Waals surface area contributed by atoms with Crippen LogP contribution in [-0.4, -0.2) is 44.3 Å². The van der Waals surface area contributed by atoms with E-state index in [9.17, 15) is 18.0 Å². The molecule has 242 valence electrons. The largest absolute Gasteiger partial charge is 0.354 e. The van der Waals surface area contributed by atoms with Crippen molar-refractivity contribution >= 4 is 73.9 Å². The van der Waals surface area contributed by atoms with E-state index in [4.69, 9.17) is 46.4 Å². The van der Waals surface area contributed by atoms with Crippen molar-refractivity contribution in [2.24, 2.45) is 0 Å². The Morgan fingerprint density at radius 2 is 1.48 bits per heavy atom. The first-order valence-corrected chi connectivity index (χ1v) is 17.5. The highest BCUT2D eigenvalue weighted by Gasteiger charge is 2.35. The van der Waals surface area contributed by atoms with Crippen LogP contribution in [0.15, 0.2) is 102 Å². The molecule has 0 aliphatic heterocycles. The molecule has 0 fully saturated rings. The van der Waals surface area contributed by atoms with Gasteiger partial charge >= 0.3 is 0 Å². The molecule has 0 spiro atoms. The van der Waals surface area contributed by atoms with Gasteiger partial charge in [0.2, 0.25) is 11.8 Å². The number of hydrogen-bond acceptors (Lipinski definition) is 4. The van der Waals surface area contributed by atoms with Crippen molar-refractivity contribution in [3.05, 3.63) is 128 Å². The molecule has 7 nitrogen and oxygen atoms in total. The van der Waals surface area contributed by atoms with Crippen LogP contribution >= 0.6 is 46.4 Å². The Morgan fingerprint density at radius 1 is 0.804 bits per heavy atom. The van der Waals surface area contributed by atoms with Crippen LogP contribution in [0, 0.1) is 0 Å².